The van der Waals surface area contributed by atoms with Crippen molar-refractivity contribution in [2.24, 2.45) is 5.92 Å². The minimum absolute atomic E-state index is 0.0248. The van der Waals surface area contributed by atoms with E-state index in [1.165, 1.54) is 0 Å². The van der Waals surface area contributed by atoms with Crippen molar-refractivity contribution in [3.05, 3.63) is 0 Å². The summed E-state index contributed by atoms with van der Waals surface area (Å²) >= 11 is 0. The smallest absolute Gasteiger partial charge is 0.328 e. The number of carbonyl (C=O) groups is 2. The van der Waals surface area contributed by atoms with Crippen molar-refractivity contribution >= 4 is 21.7 Å². The van der Waals surface area contributed by atoms with E-state index in [2.05, 4.69) is 5.32 Å². The van der Waals surface area contributed by atoms with Gasteiger partial charge in [0.2, 0.25) is 5.91 Å². The van der Waals surface area contributed by atoms with Crippen molar-refractivity contribution in [3.63, 3.8) is 0 Å². The van der Waals surface area contributed by atoms with Crippen LogP contribution in [0, 0.1) is 5.92 Å². The summed E-state index contributed by atoms with van der Waals surface area (Å²) in [6.45, 7) is -0.690. The molecule has 1 heterocycles. The minimum atomic E-state index is -3.04. The molecular formula is C9H15NO6S. The first-order valence-electron chi connectivity index (χ1n) is 5.17. The number of hydrogen-bond acceptors (Lipinski definition) is 5. The Balaban J connectivity index is 2.43. The van der Waals surface area contributed by atoms with Crippen LogP contribution in [0.3, 0.4) is 0 Å². The number of rotatable bonds is 5. The van der Waals surface area contributed by atoms with Crippen LogP contribution in [0.2, 0.25) is 0 Å². The summed E-state index contributed by atoms with van der Waals surface area (Å²) < 4.78 is 22.3. The average Bonchev–Trinajstić information content (AvgIpc) is 2.54. The molecule has 1 rings (SSSR count). The van der Waals surface area contributed by atoms with Gasteiger partial charge in [0.1, 0.15) is 6.04 Å². The van der Waals surface area contributed by atoms with Gasteiger partial charge in [0.25, 0.3) is 0 Å². The predicted molar refractivity (Wildman–Crippen MR) is 58.0 cm³/mol. The lowest BCUT2D eigenvalue weighted by Gasteiger charge is -2.13. The number of carboxylic acids is 1. The maximum absolute atomic E-state index is 11.4. The van der Waals surface area contributed by atoms with Crippen molar-refractivity contribution in [2.45, 2.75) is 18.9 Å². The van der Waals surface area contributed by atoms with E-state index in [9.17, 15) is 18.0 Å². The highest BCUT2D eigenvalue weighted by Gasteiger charge is 2.30. The third kappa shape index (κ3) is 4.31. The normalized spacial score (nSPS) is 24.2. The fourth-order valence-electron chi connectivity index (χ4n) is 1.73. The van der Waals surface area contributed by atoms with E-state index in [1.807, 2.05) is 0 Å². The number of sulfone groups is 1. The number of aliphatic hydroxyl groups excluding tert-OH is 1. The maximum Gasteiger partial charge on any atom is 0.328 e. The van der Waals surface area contributed by atoms with E-state index in [1.54, 1.807) is 0 Å². The Morgan fingerprint density at radius 2 is 2.06 bits per heavy atom. The lowest BCUT2D eigenvalue weighted by atomic mass is 10.0. The third-order valence-electron chi connectivity index (χ3n) is 2.62. The Kier molecular flexibility index (Phi) is 4.47. The van der Waals surface area contributed by atoms with E-state index in [0.29, 0.717) is 6.42 Å². The van der Waals surface area contributed by atoms with Gasteiger partial charge in [-0.25, -0.2) is 13.2 Å². The van der Waals surface area contributed by atoms with Crippen LogP contribution in [-0.4, -0.2) is 54.7 Å². The van der Waals surface area contributed by atoms with Crippen molar-refractivity contribution in [2.75, 3.05) is 18.1 Å². The van der Waals surface area contributed by atoms with Gasteiger partial charge in [0.05, 0.1) is 18.1 Å². The van der Waals surface area contributed by atoms with Crippen molar-refractivity contribution < 1.29 is 28.2 Å². The zero-order chi connectivity index (χ0) is 13.1. The molecule has 1 fully saturated rings. The predicted octanol–water partition coefficient (Wildman–Crippen LogP) is -1.63. The van der Waals surface area contributed by atoms with Gasteiger partial charge < -0.3 is 15.5 Å². The Hall–Kier alpha value is -1.15. The van der Waals surface area contributed by atoms with Crippen LogP contribution >= 0.6 is 0 Å². The van der Waals surface area contributed by atoms with Crippen LogP contribution in [0.4, 0.5) is 0 Å². The molecule has 0 saturated carbocycles. The number of carbonyl (C=O) groups excluding carboxylic acids is 1. The van der Waals surface area contributed by atoms with Gasteiger partial charge in [-0.05, 0) is 12.3 Å². The maximum atomic E-state index is 11.4. The molecular weight excluding hydrogens is 250 g/mol. The summed E-state index contributed by atoms with van der Waals surface area (Å²) in [6, 6.07) is -1.33. The highest BCUT2D eigenvalue weighted by atomic mass is 32.2. The number of amides is 1. The molecule has 0 radical (unpaired) electrons. The standard InChI is InChI=1S/C9H15NO6S/c11-4-7(9(13)14)10-8(12)3-6-1-2-17(15,16)5-6/h6-7,11H,1-5H2,(H,10,12)(H,13,14). The molecule has 2 unspecified atom stereocenters. The summed E-state index contributed by atoms with van der Waals surface area (Å²) in [5.41, 5.74) is 0. The first kappa shape index (κ1) is 13.9. The number of aliphatic carboxylic acids is 1. The molecule has 0 aromatic heterocycles. The first-order chi connectivity index (χ1) is 7.84. The fourth-order valence-corrected chi connectivity index (χ4v) is 3.60. The number of hydrogen-bond donors (Lipinski definition) is 3. The van der Waals surface area contributed by atoms with Crippen LogP contribution in [0.5, 0.6) is 0 Å². The molecule has 0 aliphatic carbocycles. The molecule has 8 heteroatoms. The Labute approximate surface area is 98.7 Å². The molecule has 98 valence electrons. The number of nitrogens with one attached hydrogen (secondary N) is 1. The summed E-state index contributed by atoms with van der Waals surface area (Å²) in [6.07, 6.45) is 0.398. The summed E-state index contributed by atoms with van der Waals surface area (Å²) in [5.74, 6) is -2.08. The van der Waals surface area contributed by atoms with Crippen LogP contribution < -0.4 is 5.32 Å². The highest BCUT2D eigenvalue weighted by Crippen LogP contribution is 2.21. The van der Waals surface area contributed by atoms with Gasteiger partial charge in [-0.2, -0.15) is 0 Å². The molecule has 1 aliphatic heterocycles. The van der Waals surface area contributed by atoms with E-state index in [0.717, 1.165) is 0 Å². The second kappa shape index (κ2) is 5.46. The highest BCUT2D eigenvalue weighted by molar-refractivity contribution is 7.91. The van der Waals surface area contributed by atoms with Gasteiger partial charge in [-0.1, -0.05) is 0 Å². The van der Waals surface area contributed by atoms with E-state index >= 15 is 0 Å². The Bertz CT molecular complexity index is 404. The van der Waals surface area contributed by atoms with Gasteiger partial charge >= 0.3 is 5.97 Å². The van der Waals surface area contributed by atoms with Crippen molar-refractivity contribution in [3.8, 4) is 0 Å². The molecule has 0 bridgehead atoms. The molecule has 2 atom stereocenters. The van der Waals surface area contributed by atoms with Crippen LogP contribution in [0.25, 0.3) is 0 Å². The Morgan fingerprint density at radius 1 is 1.41 bits per heavy atom. The molecule has 0 aromatic rings. The second-order valence-electron chi connectivity index (χ2n) is 4.11. The van der Waals surface area contributed by atoms with Gasteiger partial charge in [-0.15, -0.1) is 0 Å². The zero-order valence-electron chi connectivity index (χ0n) is 9.13. The molecule has 7 nitrogen and oxygen atoms in total. The minimum Gasteiger partial charge on any atom is -0.480 e. The summed E-state index contributed by atoms with van der Waals surface area (Å²) in [4.78, 5) is 21.9. The molecule has 17 heavy (non-hydrogen) atoms. The van der Waals surface area contributed by atoms with Crippen molar-refractivity contribution in [1.29, 1.82) is 0 Å². The topological polar surface area (TPSA) is 121 Å². The SMILES string of the molecule is O=C(CC1CCS(=O)(=O)C1)NC(CO)C(=O)O. The van der Waals surface area contributed by atoms with E-state index < -0.39 is 34.4 Å². The van der Waals surface area contributed by atoms with Crippen molar-refractivity contribution in [1.82, 2.24) is 5.32 Å². The summed E-state index contributed by atoms with van der Waals surface area (Å²) in [5, 5.41) is 19.4. The third-order valence-corrected chi connectivity index (χ3v) is 4.45. The molecule has 1 aliphatic rings. The number of aliphatic hydroxyl groups is 1. The van der Waals surface area contributed by atoms with Gasteiger partial charge in [-0.3, -0.25) is 4.79 Å². The lowest BCUT2D eigenvalue weighted by Crippen LogP contribution is -2.43. The van der Waals surface area contributed by atoms with Gasteiger partial charge in [0.15, 0.2) is 9.84 Å². The lowest BCUT2D eigenvalue weighted by molar-refractivity contribution is -0.143. The quantitative estimate of drug-likeness (QED) is 0.549. The Morgan fingerprint density at radius 3 is 2.47 bits per heavy atom. The van der Waals surface area contributed by atoms with E-state index in [4.69, 9.17) is 10.2 Å². The summed E-state index contributed by atoms with van der Waals surface area (Å²) in [7, 11) is -3.04. The zero-order valence-corrected chi connectivity index (χ0v) is 9.94. The second-order valence-corrected chi connectivity index (χ2v) is 6.34. The molecule has 1 amide bonds. The molecule has 3 N–H and O–H groups in total. The monoisotopic (exact) mass is 265 g/mol. The van der Waals surface area contributed by atoms with Crippen LogP contribution in [-0.2, 0) is 19.4 Å². The molecule has 0 spiro atoms. The van der Waals surface area contributed by atoms with Crippen LogP contribution in [0.1, 0.15) is 12.8 Å². The van der Waals surface area contributed by atoms with E-state index in [-0.39, 0.29) is 23.8 Å². The molecule has 1 saturated heterocycles. The fraction of sp³-hybridized carbons (Fsp3) is 0.778. The van der Waals surface area contributed by atoms with Gasteiger partial charge in [0, 0.05) is 6.42 Å². The first-order valence-corrected chi connectivity index (χ1v) is 6.99. The van der Waals surface area contributed by atoms with Crippen LogP contribution in [0.15, 0.2) is 0 Å². The number of carboxylic acid groups (broad SMARTS) is 1. The largest absolute Gasteiger partial charge is 0.480 e. The average molecular weight is 265 g/mol. The molecule has 0 aromatic carbocycles.